The van der Waals surface area contributed by atoms with Crippen LogP contribution in [0.5, 0.6) is 0 Å². The topological polar surface area (TPSA) is 41.7 Å². The van der Waals surface area contributed by atoms with Gasteiger partial charge in [0.1, 0.15) is 0 Å². The third kappa shape index (κ3) is 2.03. The molecule has 0 unspecified atom stereocenters. The smallest absolute Gasteiger partial charge is 0.0997 e. The Kier molecular flexibility index (Phi) is 2.86. The highest BCUT2D eigenvalue weighted by atomic mass is 15.1. The second kappa shape index (κ2) is 4.31. The Hall–Kier alpha value is -1.90. The number of nitrogens with one attached hydrogen (secondary N) is 1. The van der Waals surface area contributed by atoms with Crippen molar-refractivity contribution in [2.24, 2.45) is 0 Å². The molecule has 0 aliphatic carbocycles. The number of para-hydroxylation sites is 1. The van der Waals surface area contributed by atoms with Gasteiger partial charge in [-0.3, -0.25) is 0 Å². The fraction of sp³-hybridized carbons (Fsp3) is 0.231. The molecule has 0 bridgehead atoms. The monoisotopic (exact) mass is 213 g/mol. The minimum Gasteiger partial charge on any atom is -0.310 e. The Balaban J connectivity index is 2.37. The summed E-state index contributed by atoms with van der Waals surface area (Å²) in [6.45, 7) is 3.85. The van der Waals surface area contributed by atoms with Crippen molar-refractivity contribution in [2.75, 3.05) is 0 Å². The van der Waals surface area contributed by atoms with Crippen molar-refractivity contribution < 1.29 is 0 Å². The molecule has 2 aromatic rings. The van der Waals surface area contributed by atoms with Crippen LogP contribution >= 0.6 is 0 Å². The van der Waals surface area contributed by atoms with Gasteiger partial charge < -0.3 is 9.98 Å². The zero-order chi connectivity index (χ0) is 11.5. The van der Waals surface area contributed by atoms with Crippen molar-refractivity contribution in [2.45, 2.75) is 20.3 Å². The number of nitrogens with zero attached hydrogens (tertiary/aromatic N) is 2. The van der Waals surface area contributed by atoms with Crippen LogP contribution in [0.1, 0.15) is 18.3 Å². The quantitative estimate of drug-likeness (QED) is 0.782. The number of imidazole rings is 1. The molecule has 0 saturated heterocycles. The number of hydrogen-bond donors (Lipinski definition) is 1. The van der Waals surface area contributed by atoms with Gasteiger partial charge in [-0.05, 0) is 26.0 Å². The Labute approximate surface area is 95.3 Å². The van der Waals surface area contributed by atoms with Gasteiger partial charge in [-0.1, -0.05) is 18.2 Å². The third-order valence-electron chi connectivity index (χ3n) is 2.58. The molecule has 1 aromatic carbocycles. The molecular weight excluding hydrogens is 198 g/mol. The summed E-state index contributed by atoms with van der Waals surface area (Å²) < 4.78 is 2.05. The largest absolute Gasteiger partial charge is 0.310 e. The molecule has 16 heavy (non-hydrogen) atoms. The lowest BCUT2D eigenvalue weighted by atomic mass is 10.2. The molecule has 0 aliphatic rings. The first-order valence-electron chi connectivity index (χ1n) is 5.31. The van der Waals surface area contributed by atoms with Crippen molar-refractivity contribution in [1.82, 2.24) is 9.55 Å². The van der Waals surface area contributed by atoms with E-state index in [-0.39, 0.29) is 0 Å². The standard InChI is InChI=1S/C13H15N3/c1-10(14)8-13-11(2)16(9-15-13)12-6-4-3-5-7-12/h3-7,9,14H,8H2,1-2H3. The molecule has 0 spiro atoms. The van der Waals surface area contributed by atoms with E-state index in [0.29, 0.717) is 12.1 Å². The fourth-order valence-electron chi connectivity index (χ4n) is 1.72. The molecule has 0 atom stereocenters. The van der Waals surface area contributed by atoms with E-state index < -0.39 is 0 Å². The van der Waals surface area contributed by atoms with Crippen molar-refractivity contribution in [3.8, 4) is 5.69 Å². The highest BCUT2D eigenvalue weighted by Gasteiger charge is 2.07. The Morgan fingerprint density at radius 1 is 1.31 bits per heavy atom. The van der Waals surface area contributed by atoms with Gasteiger partial charge in [0.05, 0.1) is 12.0 Å². The minimum atomic E-state index is 0.631. The fourth-order valence-corrected chi connectivity index (χ4v) is 1.72. The minimum absolute atomic E-state index is 0.631. The van der Waals surface area contributed by atoms with E-state index in [1.54, 1.807) is 6.92 Å². The normalized spacial score (nSPS) is 10.4. The van der Waals surface area contributed by atoms with Crippen LogP contribution in [0.15, 0.2) is 36.7 Å². The third-order valence-corrected chi connectivity index (χ3v) is 2.58. The molecule has 0 fully saturated rings. The van der Waals surface area contributed by atoms with Gasteiger partial charge in [0.15, 0.2) is 0 Å². The van der Waals surface area contributed by atoms with Gasteiger partial charge >= 0.3 is 0 Å². The summed E-state index contributed by atoms with van der Waals surface area (Å²) in [5, 5.41) is 7.49. The van der Waals surface area contributed by atoms with Crippen molar-refractivity contribution in [3.63, 3.8) is 0 Å². The van der Waals surface area contributed by atoms with E-state index in [9.17, 15) is 0 Å². The average Bonchev–Trinajstić information content (AvgIpc) is 2.61. The molecule has 1 heterocycles. The first-order valence-corrected chi connectivity index (χ1v) is 5.31. The molecule has 0 amide bonds. The number of rotatable bonds is 3. The number of hydrogen-bond acceptors (Lipinski definition) is 2. The van der Waals surface area contributed by atoms with Crippen LogP contribution in [-0.4, -0.2) is 15.3 Å². The molecule has 3 nitrogen and oxygen atoms in total. The number of benzene rings is 1. The highest BCUT2D eigenvalue weighted by molar-refractivity contribution is 5.80. The summed E-state index contributed by atoms with van der Waals surface area (Å²) in [7, 11) is 0. The van der Waals surface area contributed by atoms with Crippen LogP contribution in [-0.2, 0) is 6.42 Å². The lowest BCUT2D eigenvalue weighted by Gasteiger charge is -2.05. The van der Waals surface area contributed by atoms with Crippen molar-refractivity contribution >= 4 is 5.71 Å². The molecular formula is C13H15N3. The van der Waals surface area contributed by atoms with Gasteiger partial charge in [0.2, 0.25) is 0 Å². The molecule has 0 saturated carbocycles. The van der Waals surface area contributed by atoms with Crippen LogP contribution in [0.3, 0.4) is 0 Å². The summed E-state index contributed by atoms with van der Waals surface area (Å²) in [6, 6.07) is 10.1. The van der Waals surface area contributed by atoms with Gasteiger partial charge in [-0.25, -0.2) is 4.98 Å². The molecule has 82 valence electrons. The van der Waals surface area contributed by atoms with Gasteiger partial charge in [0.25, 0.3) is 0 Å². The zero-order valence-electron chi connectivity index (χ0n) is 9.57. The second-order valence-electron chi connectivity index (χ2n) is 3.94. The van der Waals surface area contributed by atoms with Crippen molar-refractivity contribution in [1.29, 1.82) is 5.41 Å². The van der Waals surface area contributed by atoms with E-state index in [2.05, 4.69) is 21.7 Å². The second-order valence-corrected chi connectivity index (χ2v) is 3.94. The molecule has 0 radical (unpaired) electrons. The SMILES string of the molecule is CC(=N)Cc1ncn(-c2ccccc2)c1C. The molecule has 1 aromatic heterocycles. The van der Waals surface area contributed by atoms with Gasteiger partial charge in [0, 0.05) is 23.5 Å². The summed E-state index contributed by atoms with van der Waals surface area (Å²) in [5.74, 6) is 0. The summed E-state index contributed by atoms with van der Waals surface area (Å²) in [5.41, 5.74) is 3.84. The van der Waals surface area contributed by atoms with Gasteiger partial charge in [-0.15, -0.1) is 0 Å². The Morgan fingerprint density at radius 2 is 2.00 bits per heavy atom. The Bertz CT molecular complexity index is 497. The summed E-state index contributed by atoms with van der Waals surface area (Å²) >= 11 is 0. The van der Waals surface area contributed by atoms with Crippen molar-refractivity contribution in [3.05, 3.63) is 48.0 Å². The Morgan fingerprint density at radius 3 is 2.62 bits per heavy atom. The van der Waals surface area contributed by atoms with Crippen LogP contribution in [0, 0.1) is 12.3 Å². The molecule has 1 N–H and O–H groups in total. The summed E-state index contributed by atoms with van der Waals surface area (Å²) in [6.07, 6.45) is 2.45. The predicted octanol–water partition coefficient (Wildman–Crippen LogP) is 2.76. The highest BCUT2D eigenvalue weighted by Crippen LogP contribution is 2.14. The van der Waals surface area contributed by atoms with Crippen LogP contribution in [0.2, 0.25) is 0 Å². The zero-order valence-corrected chi connectivity index (χ0v) is 9.57. The van der Waals surface area contributed by atoms with E-state index in [1.165, 1.54) is 0 Å². The van der Waals surface area contributed by atoms with E-state index in [0.717, 1.165) is 17.1 Å². The molecule has 3 heteroatoms. The van der Waals surface area contributed by atoms with Crippen LogP contribution in [0.4, 0.5) is 0 Å². The molecule has 0 aliphatic heterocycles. The molecule has 2 rings (SSSR count). The van der Waals surface area contributed by atoms with Crippen LogP contribution < -0.4 is 0 Å². The van der Waals surface area contributed by atoms with E-state index >= 15 is 0 Å². The predicted molar refractivity (Wildman–Crippen MR) is 65.4 cm³/mol. The number of aromatic nitrogens is 2. The van der Waals surface area contributed by atoms with E-state index in [4.69, 9.17) is 5.41 Å². The maximum absolute atomic E-state index is 7.49. The maximum Gasteiger partial charge on any atom is 0.0997 e. The first-order chi connectivity index (χ1) is 7.68. The lowest BCUT2D eigenvalue weighted by molar-refractivity contribution is 0.997. The van der Waals surface area contributed by atoms with Crippen LogP contribution in [0.25, 0.3) is 5.69 Å². The van der Waals surface area contributed by atoms with Gasteiger partial charge in [-0.2, -0.15) is 0 Å². The average molecular weight is 213 g/mol. The van der Waals surface area contributed by atoms with E-state index in [1.807, 2.05) is 31.5 Å². The first kappa shape index (κ1) is 10.6. The summed E-state index contributed by atoms with van der Waals surface area (Å²) in [4.78, 5) is 4.35. The lowest BCUT2D eigenvalue weighted by Crippen LogP contribution is -2.00. The maximum atomic E-state index is 7.49.